The van der Waals surface area contributed by atoms with Crippen LogP contribution >= 0.6 is 0 Å². The fourth-order valence-electron chi connectivity index (χ4n) is 3.47. The molecule has 18 heavy (non-hydrogen) atoms. The van der Waals surface area contributed by atoms with E-state index < -0.39 is 0 Å². The van der Waals surface area contributed by atoms with E-state index in [4.69, 9.17) is 0 Å². The van der Waals surface area contributed by atoms with Crippen LogP contribution in [0.25, 0.3) is 0 Å². The van der Waals surface area contributed by atoms with E-state index in [1.165, 1.54) is 30.4 Å². The molecule has 1 aliphatic rings. The van der Waals surface area contributed by atoms with Crippen molar-refractivity contribution in [3.8, 4) is 0 Å². The van der Waals surface area contributed by atoms with Crippen LogP contribution in [0.1, 0.15) is 50.3 Å². The SMILES string of the molecule is CNC(c1ccccc1C)C1CCC(C)C(C)C1. The van der Waals surface area contributed by atoms with Crippen LogP contribution in [0.4, 0.5) is 0 Å². The molecule has 0 bridgehead atoms. The van der Waals surface area contributed by atoms with Gasteiger partial charge in [0.15, 0.2) is 0 Å². The molecule has 1 aliphatic carbocycles. The van der Waals surface area contributed by atoms with Crippen molar-refractivity contribution in [2.45, 2.75) is 46.1 Å². The lowest BCUT2D eigenvalue weighted by Crippen LogP contribution is -2.31. The minimum Gasteiger partial charge on any atom is -0.313 e. The smallest absolute Gasteiger partial charge is 0.0348 e. The van der Waals surface area contributed by atoms with Crippen molar-refractivity contribution >= 4 is 0 Å². The normalized spacial score (nSPS) is 30.1. The first-order valence-corrected chi connectivity index (χ1v) is 7.36. The molecular formula is C17H27N. The fraction of sp³-hybridized carbons (Fsp3) is 0.647. The Labute approximate surface area is 112 Å². The second-order valence-corrected chi connectivity index (χ2v) is 6.15. The van der Waals surface area contributed by atoms with Gasteiger partial charge >= 0.3 is 0 Å². The van der Waals surface area contributed by atoms with Crippen LogP contribution in [0.15, 0.2) is 24.3 Å². The van der Waals surface area contributed by atoms with E-state index in [0.29, 0.717) is 6.04 Å². The van der Waals surface area contributed by atoms with E-state index in [1.807, 2.05) is 0 Å². The Kier molecular flexibility index (Phi) is 4.45. The fourth-order valence-corrected chi connectivity index (χ4v) is 3.47. The molecule has 0 spiro atoms. The quantitative estimate of drug-likeness (QED) is 0.836. The first kappa shape index (κ1) is 13.6. The molecule has 0 heterocycles. The molecule has 1 heteroatoms. The lowest BCUT2D eigenvalue weighted by Gasteiger charge is -2.37. The first-order valence-electron chi connectivity index (χ1n) is 7.36. The van der Waals surface area contributed by atoms with Crippen LogP contribution < -0.4 is 5.32 Å². The summed E-state index contributed by atoms with van der Waals surface area (Å²) in [5.74, 6) is 2.56. The summed E-state index contributed by atoms with van der Waals surface area (Å²) < 4.78 is 0. The Morgan fingerprint density at radius 2 is 1.83 bits per heavy atom. The largest absolute Gasteiger partial charge is 0.313 e. The maximum atomic E-state index is 3.56. The Hall–Kier alpha value is -0.820. The highest BCUT2D eigenvalue weighted by atomic mass is 14.9. The van der Waals surface area contributed by atoms with Crippen molar-refractivity contribution in [2.75, 3.05) is 7.05 Å². The number of nitrogens with one attached hydrogen (secondary N) is 1. The molecule has 1 nitrogen and oxygen atoms in total. The van der Waals surface area contributed by atoms with Crippen LogP contribution in [-0.4, -0.2) is 7.05 Å². The highest BCUT2D eigenvalue weighted by Gasteiger charge is 2.30. The van der Waals surface area contributed by atoms with Gasteiger partial charge in [0.2, 0.25) is 0 Å². The minimum atomic E-state index is 0.529. The van der Waals surface area contributed by atoms with Crippen LogP contribution in [0.2, 0.25) is 0 Å². The molecule has 0 saturated heterocycles. The number of rotatable bonds is 3. The van der Waals surface area contributed by atoms with Crippen molar-refractivity contribution in [3.05, 3.63) is 35.4 Å². The maximum absolute atomic E-state index is 3.56. The van der Waals surface area contributed by atoms with Gasteiger partial charge in [0.1, 0.15) is 0 Å². The standard InChI is InChI=1S/C17H27N/c1-12-9-10-15(11-14(12)3)17(18-4)16-8-6-5-7-13(16)2/h5-8,12,14-15,17-18H,9-11H2,1-4H3. The molecule has 0 aromatic heterocycles. The average molecular weight is 245 g/mol. The lowest BCUT2D eigenvalue weighted by molar-refractivity contribution is 0.174. The number of hydrogen-bond donors (Lipinski definition) is 1. The van der Waals surface area contributed by atoms with Gasteiger partial charge in [-0.25, -0.2) is 0 Å². The molecule has 100 valence electrons. The van der Waals surface area contributed by atoms with Gasteiger partial charge in [-0.2, -0.15) is 0 Å². The second-order valence-electron chi connectivity index (χ2n) is 6.15. The van der Waals surface area contributed by atoms with Crippen LogP contribution in [0, 0.1) is 24.7 Å². The number of aryl methyl sites for hydroxylation is 1. The summed E-state index contributed by atoms with van der Waals surface area (Å²) in [5.41, 5.74) is 2.91. The van der Waals surface area contributed by atoms with Gasteiger partial charge in [-0.1, -0.05) is 44.5 Å². The summed E-state index contributed by atoms with van der Waals surface area (Å²) in [5, 5.41) is 3.56. The Morgan fingerprint density at radius 1 is 1.11 bits per heavy atom. The molecule has 4 unspecified atom stereocenters. The van der Waals surface area contributed by atoms with Crippen LogP contribution in [0.5, 0.6) is 0 Å². The van der Waals surface area contributed by atoms with Gasteiger partial charge in [0, 0.05) is 6.04 Å². The van der Waals surface area contributed by atoms with Crippen molar-refractivity contribution in [1.29, 1.82) is 0 Å². The average Bonchev–Trinajstić information content (AvgIpc) is 2.37. The summed E-state index contributed by atoms with van der Waals surface area (Å²) in [7, 11) is 2.11. The van der Waals surface area contributed by atoms with Gasteiger partial charge in [-0.3, -0.25) is 0 Å². The second kappa shape index (κ2) is 5.88. The van der Waals surface area contributed by atoms with E-state index in [9.17, 15) is 0 Å². The lowest BCUT2D eigenvalue weighted by atomic mass is 9.71. The highest BCUT2D eigenvalue weighted by Crippen LogP contribution is 2.40. The molecular weight excluding hydrogens is 218 g/mol. The number of hydrogen-bond acceptors (Lipinski definition) is 1. The van der Waals surface area contributed by atoms with Gasteiger partial charge < -0.3 is 5.32 Å². The van der Waals surface area contributed by atoms with Crippen LogP contribution in [0.3, 0.4) is 0 Å². The zero-order chi connectivity index (χ0) is 13.1. The molecule has 2 rings (SSSR count). The molecule has 1 fully saturated rings. The third-order valence-corrected chi connectivity index (χ3v) is 4.94. The Morgan fingerprint density at radius 3 is 2.44 bits per heavy atom. The highest BCUT2D eigenvalue weighted by molar-refractivity contribution is 5.29. The van der Waals surface area contributed by atoms with E-state index >= 15 is 0 Å². The molecule has 0 aliphatic heterocycles. The molecule has 4 atom stereocenters. The Balaban J connectivity index is 2.17. The molecule has 1 N–H and O–H groups in total. The van der Waals surface area contributed by atoms with Gasteiger partial charge in [0.25, 0.3) is 0 Å². The van der Waals surface area contributed by atoms with Crippen molar-refractivity contribution in [3.63, 3.8) is 0 Å². The van der Waals surface area contributed by atoms with E-state index in [1.54, 1.807) is 0 Å². The maximum Gasteiger partial charge on any atom is 0.0348 e. The molecule has 1 aromatic rings. The third kappa shape index (κ3) is 2.77. The van der Waals surface area contributed by atoms with Gasteiger partial charge in [-0.15, -0.1) is 0 Å². The van der Waals surface area contributed by atoms with Crippen molar-refractivity contribution in [2.24, 2.45) is 17.8 Å². The zero-order valence-corrected chi connectivity index (χ0v) is 12.2. The summed E-state index contributed by atoms with van der Waals surface area (Å²) in [6, 6.07) is 9.35. The first-order chi connectivity index (χ1) is 8.63. The summed E-state index contributed by atoms with van der Waals surface area (Å²) in [6.45, 7) is 7.05. The van der Waals surface area contributed by atoms with Gasteiger partial charge in [-0.05, 0) is 55.7 Å². The van der Waals surface area contributed by atoms with E-state index in [2.05, 4.69) is 57.4 Å². The Bertz CT molecular complexity index is 385. The predicted molar refractivity (Wildman–Crippen MR) is 78.6 cm³/mol. The molecule has 0 radical (unpaired) electrons. The molecule has 1 saturated carbocycles. The molecule has 1 aromatic carbocycles. The summed E-state index contributed by atoms with van der Waals surface area (Å²) in [6.07, 6.45) is 4.11. The summed E-state index contributed by atoms with van der Waals surface area (Å²) in [4.78, 5) is 0. The van der Waals surface area contributed by atoms with Crippen molar-refractivity contribution < 1.29 is 0 Å². The topological polar surface area (TPSA) is 12.0 Å². The predicted octanol–water partition coefficient (Wildman–Crippen LogP) is 4.33. The zero-order valence-electron chi connectivity index (χ0n) is 12.2. The van der Waals surface area contributed by atoms with E-state index in [-0.39, 0.29) is 0 Å². The monoisotopic (exact) mass is 245 g/mol. The van der Waals surface area contributed by atoms with Crippen LogP contribution in [-0.2, 0) is 0 Å². The van der Waals surface area contributed by atoms with E-state index in [0.717, 1.165) is 17.8 Å². The summed E-state index contributed by atoms with van der Waals surface area (Å²) >= 11 is 0. The third-order valence-electron chi connectivity index (χ3n) is 4.94. The minimum absolute atomic E-state index is 0.529. The van der Waals surface area contributed by atoms with Crippen molar-refractivity contribution in [1.82, 2.24) is 5.32 Å². The van der Waals surface area contributed by atoms with Gasteiger partial charge in [0.05, 0.1) is 0 Å². The molecule has 0 amide bonds. The number of benzene rings is 1.